The number of rotatable bonds is 5. The fraction of sp³-hybridized carbons (Fsp3) is 0.458. The van der Waals surface area contributed by atoms with Gasteiger partial charge in [0.25, 0.3) is 5.69 Å². The third-order valence-electron chi connectivity index (χ3n) is 5.67. The van der Waals surface area contributed by atoms with Crippen molar-refractivity contribution in [3.8, 4) is 0 Å². The van der Waals surface area contributed by atoms with Gasteiger partial charge in [-0.2, -0.15) is 0 Å². The van der Waals surface area contributed by atoms with Crippen molar-refractivity contribution in [1.82, 2.24) is 0 Å². The van der Waals surface area contributed by atoms with Gasteiger partial charge in [0.2, 0.25) is 0 Å². The lowest BCUT2D eigenvalue weighted by Gasteiger charge is -2.28. The van der Waals surface area contributed by atoms with Crippen LogP contribution in [0.5, 0.6) is 0 Å². The monoisotopic (exact) mass is 426 g/mol. The van der Waals surface area contributed by atoms with Crippen molar-refractivity contribution in [1.29, 1.82) is 0 Å². The Balaban J connectivity index is 1.78. The van der Waals surface area contributed by atoms with Gasteiger partial charge in [-0.3, -0.25) is 10.1 Å². The number of hydrogen-bond donors (Lipinski definition) is 0. The van der Waals surface area contributed by atoms with E-state index in [-0.39, 0.29) is 23.3 Å². The average molecular weight is 427 g/mol. The summed E-state index contributed by atoms with van der Waals surface area (Å²) in [4.78, 5) is 25.7. The van der Waals surface area contributed by atoms with Gasteiger partial charge in [-0.15, -0.1) is 0 Å². The van der Waals surface area contributed by atoms with E-state index in [0.29, 0.717) is 32.0 Å². The summed E-state index contributed by atoms with van der Waals surface area (Å²) in [6, 6.07) is 8.75. The van der Waals surface area contributed by atoms with Crippen LogP contribution in [-0.4, -0.2) is 37.2 Å². The molecule has 0 bridgehead atoms. The van der Waals surface area contributed by atoms with Crippen molar-refractivity contribution in [2.45, 2.75) is 46.6 Å². The number of esters is 1. The molecule has 0 unspecified atom stereocenters. The minimum Gasteiger partial charge on any atom is -0.457 e. The highest BCUT2D eigenvalue weighted by molar-refractivity contribution is 5.91. The largest absolute Gasteiger partial charge is 0.457 e. The fourth-order valence-electron chi connectivity index (χ4n) is 3.74. The van der Waals surface area contributed by atoms with Crippen LogP contribution in [0.4, 0.5) is 11.4 Å². The molecule has 0 amide bonds. The number of aryl methyl sites for hydroxylation is 2. The van der Waals surface area contributed by atoms with Gasteiger partial charge in [0.05, 0.1) is 23.7 Å². The maximum atomic E-state index is 12.7. The summed E-state index contributed by atoms with van der Waals surface area (Å²) in [6.07, 6.45) is 0. The zero-order chi connectivity index (χ0) is 22.8. The molecule has 2 aromatic rings. The summed E-state index contributed by atoms with van der Waals surface area (Å²) in [6.45, 7) is 12.8. The fourth-order valence-corrected chi connectivity index (χ4v) is 3.74. The first-order valence-electron chi connectivity index (χ1n) is 10.5. The maximum absolute atomic E-state index is 12.7. The topological polar surface area (TPSA) is 81.9 Å². The van der Waals surface area contributed by atoms with Gasteiger partial charge in [-0.1, -0.05) is 32.9 Å². The van der Waals surface area contributed by atoms with Gasteiger partial charge in [0.15, 0.2) is 0 Å². The molecule has 1 saturated heterocycles. The summed E-state index contributed by atoms with van der Waals surface area (Å²) >= 11 is 0. The van der Waals surface area contributed by atoms with E-state index in [2.05, 4.69) is 32.9 Å². The first-order valence-corrected chi connectivity index (χ1v) is 10.5. The quantitative estimate of drug-likeness (QED) is 0.391. The molecule has 0 aliphatic carbocycles. The molecule has 0 atom stereocenters. The van der Waals surface area contributed by atoms with Crippen molar-refractivity contribution < 1.29 is 19.2 Å². The molecule has 7 heteroatoms. The van der Waals surface area contributed by atoms with E-state index < -0.39 is 10.9 Å². The summed E-state index contributed by atoms with van der Waals surface area (Å²) in [5.41, 5.74) is 4.91. The SMILES string of the molecule is Cc1cc(C(C)(C)C)cc(C)c1COC(=O)c1ccc(N2CCOCC2)c([N+](=O)[O-])c1. The third-order valence-corrected chi connectivity index (χ3v) is 5.67. The molecule has 7 nitrogen and oxygen atoms in total. The van der Waals surface area contributed by atoms with E-state index in [1.54, 1.807) is 12.1 Å². The molecule has 2 aromatic carbocycles. The molecule has 0 spiro atoms. The second kappa shape index (κ2) is 9.06. The Morgan fingerprint density at radius 3 is 2.29 bits per heavy atom. The van der Waals surface area contributed by atoms with E-state index >= 15 is 0 Å². The third kappa shape index (κ3) is 5.22. The van der Waals surface area contributed by atoms with Gasteiger partial charge in [0, 0.05) is 19.2 Å². The summed E-state index contributed by atoms with van der Waals surface area (Å²) < 4.78 is 10.8. The van der Waals surface area contributed by atoms with Crippen LogP contribution in [0.3, 0.4) is 0 Å². The predicted octanol–water partition coefficient (Wildman–Crippen LogP) is 4.70. The minimum absolute atomic E-state index is 0.0336. The number of anilines is 1. The average Bonchev–Trinajstić information content (AvgIpc) is 2.72. The lowest BCUT2D eigenvalue weighted by Crippen LogP contribution is -2.36. The number of nitrogens with zero attached hydrogens (tertiary/aromatic N) is 2. The van der Waals surface area contributed by atoms with Crippen LogP contribution in [0.25, 0.3) is 0 Å². The van der Waals surface area contributed by atoms with Crippen molar-refractivity contribution >= 4 is 17.3 Å². The van der Waals surface area contributed by atoms with Crippen molar-refractivity contribution in [2.24, 2.45) is 0 Å². The zero-order valence-corrected chi connectivity index (χ0v) is 18.9. The molecule has 3 rings (SSSR count). The van der Waals surface area contributed by atoms with Crippen LogP contribution in [0.2, 0.25) is 0 Å². The Morgan fingerprint density at radius 1 is 1.13 bits per heavy atom. The number of morpholine rings is 1. The molecule has 0 N–H and O–H groups in total. The van der Waals surface area contributed by atoms with Gasteiger partial charge in [-0.05, 0) is 53.6 Å². The van der Waals surface area contributed by atoms with Crippen LogP contribution in [0.1, 0.15) is 53.4 Å². The molecular weight excluding hydrogens is 396 g/mol. The van der Waals surface area contributed by atoms with Crippen LogP contribution in [0.15, 0.2) is 30.3 Å². The standard InChI is InChI=1S/C24H30N2O5/c1-16-12-19(24(3,4)5)13-17(2)20(16)15-31-23(27)18-6-7-21(22(14-18)26(28)29)25-8-10-30-11-9-25/h6-7,12-14H,8-11,15H2,1-5H3. The Hall–Kier alpha value is -2.93. The summed E-state index contributed by atoms with van der Waals surface area (Å²) in [5, 5.41) is 11.6. The number of nitro groups is 1. The molecule has 1 fully saturated rings. The number of nitro benzene ring substituents is 1. The summed E-state index contributed by atoms with van der Waals surface area (Å²) in [7, 11) is 0. The Morgan fingerprint density at radius 2 is 1.74 bits per heavy atom. The Kier molecular flexibility index (Phi) is 6.65. The lowest BCUT2D eigenvalue weighted by molar-refractivity contribution is -0.384. The van der Waals surface area contributed by atoms with E-state index in [4.69, 9.17) is 9.47 Å². The highest BCUT2D eigenvalue weighted by Gasteiger charge is 2.24. The molecule has 1 aliphatic rings. The number of carbonyl (C=O) groups is 1. The summed E-state index contributed by atoms with van der Waals surface area (Å²) in [5.74, 6) is -0.574. The number of ether oxygens (including phenoxy) is 2. The van der Waals surface area contributed by atoms with Crippen LogP contribution < -0.4 is 4.90 Å². The highest BCUT2D eigenvalue weighted by Crippen LogP contribution is 2.31. The van der Waals surface area contributed by atoms with E-state index in [1.807, 2.05) is 18.7 Å². The van der Waals surface area contributed by atoms with E-state index in [0.717, 1.165) is 16.7 Å². The Bertz CT molecular complexity index is 965. The van der Waals surface area contributed by atoms with E-state index in [9.17, 15) is 14.9 Å². The smallest absolute Gasteiger partial charge is 0.338 e. The predicted molar refractivity (Wildman–Crippen MR) is 120 cm³/mol. The second-order valence-corrected chi connectivity index (χ2v) is 8.97. The molecule has 1 heterocycles. The molecular formula is C24H30N2O5. The molecule has 0 aromatic heterocycles. The minimum atomic E-state index is -0.574. The molecule has 1 aliphatic heterocycles. The van der Waals surface area contributed by atoms with Crippen molar-refractivity contribution in [3.05, 3.63) is 68.3 Å². The second-order valence-electron chi connectivity index (χ2n) is 8.97. The van der Waals surface area contributed by atoms with Gasteiger partial charge >= 0.3 is 5.97 Å². The number of carbonyl (C=O) groups excluding carboxylic acids is 1. The van der Waals surface area contributed by atoms with Gasteiger partial charge < -0.3 is 14.4 Å². The van der Waals surface area contributed by atoms with Crippen LogP contribution in [0, 0.1) is 24.0 Å². The van der Waals surface area contributed by atoms with Gasteiger partial charge in [0.1, 0.15) is 12.3 Å². The maximum Gasteiger partial charge on any atom is 0.338 e. The first kappa shape index (κ1) is 22.7. The zero-order valence-electron chi connectivity index (χ0n) is 18.9. The molecule has 166 valence electrons. The normalized spacial score (nSPS) is 14.4. The number of benzene rings is 2. The highest BCUT2D eigenvalue weighted by atomic mass is 16.6. The van der Waals surface area contributed by atoms with E-state index in [1.165, 1.54) is 11.6 Å². The lowest BCUT2D eigenvalue weighted by atomic mass is 9.84. The molecule has 31 heavy (non-hydrogen) atoms. The van der Waals surface area contributed by atoms with Crippen LogP contribution >= 0.6 is 0 Å². The van der Waals surface area contributed by atoms with Crippen molar-refractivity contribution in [2.75, 3.05) is 31.2 Å². The Labute approximate surface area is 183 Å². The van der Waals surface area contributed by atoms with Gasteiger partial charge in [-0.25, -0.2) is 4.79 Å². The molecule has 0 radical (unpaired) electrons. The van der Waals surface area contributed by atoms with Crippen molar-refractivity contribution in [3.63, 3.8) is 0 Å². The number of hydrogen-bond acceptors (Lipinski definition) is 6. The molecule has 0 saturated carbocycles. The first-order chi connectivity index (χ1) is 14.6. The van der Waals surface area contributed by atoms with Crippen LogP contribution in [-0.2, 0) is 21.5 Å².